The van der Waals surface area contributed by atoms with Gasteiger partial charge in [-0.2, -0.15) is 0 Å². The maximum Gasteiger partial charge on any atom is 0.159 e. The van der Waals surface area contributed by atoms with Crippen LogP contribution in [0.4, 0.5) is 14.6 Å². The molecule has 1 heterocycles. The van der Waals surface area contributed by atoms with Crippen LogP contribution in [-0.4, -0.2) is 45.6 Å². The van der Waals surface area contributed by atoms with Gasteiger partial charge in [-0.3, -0.25) is 0 Å². The Morgan fingerprint density at radius 1 is 1.12 bits per heavy atom. The van der Waals surface area contributed by atoms with Crippen molar-refractivity contribution in [2.24, 2.45) is 5.92 Å². The molecular weight excluding hydrogens is 342 g/mol. The Kier molecular flexibility index (Phi) is 5.22. The number of aliphatic hydroxyl groups excluding tert-OH is 3. The normalized spacial score (nSPS) is 26.7. The topological polar surface area (TPSA) is 76.8 Å². The molecule has 0 unspecified atom stereocenters. The molecule has 0 amide bonds. The predicted octanol–water partition coefficient (Wildman–Crippen LogP) is 1.95. The van der Waals surface area contributed by atoms with Gasteiger partial charge in [0.05, 0.1) is 18.2 Å². The molecule has 0 saturated heterocycles. The van der Waals surface area contributed by atoms with Crippen LogP contribution in [0.25, 0.3) is 0 Å². The standard InChI is InChI=1S/C19H22F2N2O3/c1-10-4-3-5-16(22-10)23(2)15-9-12(18(25)19(15)26)17(24)11-6-7-13(20)14(21)8-11/h3-8,12,15,17-19,24-26H,9H2,1-2H3/t12-,15-,17-,18-,19+/m1/s1. The fourth-order valence-corrected chi connectivity index (χ4v) is 3.58. The molecule has 0 spiro atoms. The largest absolute Gasteiger partial charge is 0.390 e. The van der Waals surface area contributed by atoms with Crippen molar-refractivity contribution in [2.45, 2.75) is 37.7 Å². The molecule has 0 aliphatic heterocycles. The summed E-state index contributed by atoms with van der Waals surface area (Å²) in [7, 11) is 1.76. The lowest BCUT2D eigenvalue weighted by molar-refractivity contribution is -0.0232. The molecule has 3 N–H and O–H groups in total. The summed E-state index contributed by atoms with van der Waals surface area (Å²) in [5.41, 5.74) is 0.984. The van der Waals surface area contributed by atoms with Crippen LogP contribution >= 0.6 is 0 Å². The monoisotopic (exact) mass is 364 g/mol. The molecule has 1 aliphatic rings. The molecule has 0 radical (unpaired) electrons. The zero-order valence-electron chi connectivity index (χ0n) is 14.5. The third-order valence-electron chi connectivity index (χ3n) is 5.12. The van der Waals surface area contributed by atoms with E-state index in [0.29, 0.717) is 5.82 Å². The van der Waals surface area contributed by atoms with Crippen molar-refractivity contribution in [3.63, 3.8) is 0 Å². The van der Waals surface area contributed by atoms with Crippen LogP contribution in [-0.2, 0) is 0 Å². The lowest BCUT2D eigenvalue weighted by Gasteiger charge is -2.28. The molecule has 3 rings (SSSR count). The number of halogens is 2. The summed E-state index contributed by atoms with van der Waals surface area (Å²) in [6, 6.07) is 8.16. The summed E-state index contributed by atoms with van der Waals surface area (Å²) < 4.78 is 26.6. The van der Waals surface area contributed by atoms with Gasteiger partial charge < -0.3 is 20.2 Å². The Bertz CT molecular complexity index is 789. The van der Waals surface area contributed by atoms with E-state index in [1.165, 1.54) is 6.07 Å². The van der Waals surface area contributed by atoms with E-state index < -0.39 is 41.9 Å². The number of hydrogen-bond donors (Lipinski definition) is 3. The average Bonchev–Trinajstić information content (AvgIpc) is 2.91. The Hall–Kier alpha value is -2.09. The predicted molar refractivity (Wildman–Crippen MR) is 92.6 cm³/mol. The van der Waals surface area contributed by atoms with Gasteiger partial charge in [0.1, 0.15) is 11.9 Å². The van der Waals surface area contributed by atoms with Gasteiger partial charge in [-0.1, -0.05) is 12.1 Å². The molecule has 5 atom stereocenters. The van der Waals surface area contributed by atoms with E-state index in [-0.39, 0.29) is 12.0 Å². The minimum absolute atomic E-state index is 0.164. The van der Waals surface area contributed by atoms with Gasteiger partial charge in [0.15, 0.2) is 11.6 Å². The number of likely N-dealkylation sites (N-methyl/N-ethyl adjacent to an activating group) is 1. The van der Waals surface area contributed by atoms with Gasteiger partial charge in [-0.15, -0.1) is 0 Å². The van der Waals surface area contributed by atoms with Gasteiger partial charge in [-0.05, 0) is 43.2 Å². The van der Waals surface area contributed by atoms with E-state index in [1.807, 2.05) is 19.1 Å². The van der Waals surface area contributed by atoms with Gasteiger partial charge in [-0.25, -0.2) is 13.8 Å². The summed E-state index contributed by atoms with van der Waals surface area (Å²) >= 11 is 0. The SMILES string of the molecule is Cc1cccc(N(C)[C@@H]2C[C@H]([C@H](O)c3ccc(F)c(F)c3)[C@@H](O)[C@H]2O)n1. The van der Waals surface area contributed by atoms with Crippen molar-refractivity contribution in [3.05, 3.63) is 59.3 Å². The minimum atomic E-state index is -1.22. The summed E-state index contributed by atoms with van der Waals surface area (Å²) in [4.78, 5) is 6.17. The van der Waals surface area contributed by atoms with Crippen LogP contribution in [0.5, 0.6) is 0 Å². The Morgan fingerprint density at radius 3 is 2.50 bits per heavy atom. The van der Waals surface area contributed by atoms with Crippen molar-refractivity contribution in [1.29, 1.82) is 0 Å². The highest BCUT2D eigenvalue weighted by atomic mass is 19.2. The first-order valence-electron chi connectivity index (χ1n) is 8.45. The quantitative estimate of drug-likeness (QED) is 0.773. The fraction of sp³-hybridized carbons (Fsp3) is 0.421. The highest BCUT2D eigenvalue weighted by Gasteiger charge is 2.46. The summed E-state index contributed by atoms with van der Waals surface area (Å²) in [5.74, 6) is -2.14. The number of benzene rings is 1. The zero-order chi connectivity index (χ0) is 19.0. The highest BCUT2D eigenvalue weighted by Crippen LogP contribution is 2.39. The second-order valence-electron chi connectivity index (χ2n) is 6.81. The van der Waals surface area contributed by atoms with Crippen molar-refractivity contribution in [3.8, 4) is 0 Å². The first-order valence-corrected chi connectivity index (χ1v) is 8.45. The van der Waals surface area contributed by atoms with E-state index in [4.69, 9.17) is 0 Å². The Labute approximate surface area is 150 Å². The number of rotatable bonds is 4. The second kappa shape index (κ2) is 7.26. The molecule has 1 saturated carbocycles. The van der Waals surface area contributed by atoms with Crippen molar-refractivity contribution < 1.29 is 24.1 Å². The lowest BCUT2D eigenvalue weighted by Crippen LogP contribution is -2.41. The van der Waals surface area contributed by atoms with Crippen molar-refractivity contribution in [1.82, 2.24) is 4.98 Å². The minimum Gasteiger partial charge on any atom is -0.390 e. The van der Waals surface area contributed by atoms with Gasteiger partial charge in [0.2, 0.25) is 0 Å². The van der Waals surface area contributed by atoms with Crippen molar-refractivity contribution in [2.75, 3.05) is 11.9 Å². The number of aromatic nitrogens is 1. The molecule has 7 heteroatoms. The molecule has 1 aromatic heterocycles. The third-order valence-corrected chi connectivity index (χ3v) is 5.12. The van der Waals surface area contributed by atoms with Crippen molar-refractivity contribution >= 4 is 5.82 Å². The Balaban J connectivity index is 1.81. The number of aryl methyl sites for hydroxylation is 1. The molecule has 140 valence electrons. The van der Waals surface area contributed by atoms with Gasteiger partial charge in [0.25, 0.3) is 0 Å². The molecule has 1 fully saturated rings. The molecule has 26 heavy (non-hydrogen) atoms. The van der Waals surface area contributed by atoms with E-state index in [2.05, 4.69) is 4.98 Å². The van der Waals surface area contributed by atoms with Crippen LogP contribution in [0.2, 0.25) is 0 Å². The second-order valence-corrected chi connectivity index (χ2v) is 6.81. The maximum absolute atomic E-state index is 13.4. The Morgan fingerprint density at radius 2 is 1.85 bits per heavy atom. The van der Waals surface area contributed by atoms with E-state index in [1.54, 1.807) is 18.0 Å². The number of anilines is 1. The first-order chi connectivity index (χ1) is 12.3. The van der Waals surface area contributed by atoms with Crippen LogP contribution in [0.3, 0.4) is 0 Å². The highest BCUT2D eigenvalue weighted by molar-refractivity contribution is 5.40. The smallest absolute Gasteiger partial charge is 0.159 e. The number of aliphatic hydroxyl groups is 3. The van der Waals surface area contributed by atoms with Gasteiger partial charge >= 0.3 is 0 Å². The van der Waals surface area contributed by atoms with E-state index >= 15 is 0 Å². The average molecular weight is 364 g/mol. The lowest BCUT2D eigenvalue weighted by atomic mass is 9.92. The number of hydrogen-bond acceptors (Lipinski definition) is 5. The summed E-state index contributed by atoms with van der Waals surface area (Å²) in [6.07, 6.45) is -3.25. The summed E-state index contributed by atoms with van der Waals surface area (Å²) in [6.45, 7) is 1.85. The number of pyridine rings is 1. The third kappa shape index (κ3) is 3.42. The van der Waals surface area contributed by atoms with E-state index in [9.17, 15) is 24.1 Å². The molecule has 2 aromatic rings. The first kappa shape index (κ1) is 18.7. The molecule has 5 nitrogen and oxygen atoms in total. The van der Waals surface area contributed by atoms with Crippen LogP contribution in [0.15, 0.2) is 36.4 Å². The van der Waals surface area contributed by atoms with Crippen LogP contribution in [0, 0.1) is 24.5 Å². The van der Waals surface area contributed by atoms with Crippen LogP contribution < -0.4 is 4.90 Å². The molecule has 1 aliphatic carbocycles. The number of nitrogens with zero attached hydrogens (tertiary/aromatic N) is 2. The van der Waals surface area contributed by atoms with E-state index in [0.717, 1.165) is 17.8 Å². The fourth-order valence-electron chi connectivity index (χ4n) is 3.58. The van der Waals surface area contributed by atoms with Gasteiger partial charge in [0, 0.05) is 18.7 Å². The zero-order valence-corrected chi connectivity index (χ0v) is 14.5. The van der Waals surface area contributed by atoms with Crippen LogP contribution in [0.1, 0.15) is 23.8 Å². The molecular formula is C19H22F2N2O3. The summed E-state index contributed by atoms with van der Waals surface area (Å²) in [5, 5.41) is 31.4. The molecule has 1 aromatic carbocycles. The maximum atomic E-state index is 13.4. The molecule has 0 bridgehead atoms.